The van der Waals surface area contributed by atoms with Gasteiger partial charge in [-0.25, -0.2) is 0 Å². The van der Waals surface area contributed by atoms with Gasteiger partial charge in [0.25, 0.3) is 0 Å². The van der Waals surface area contributed by atoms with Crippen LogP contribution >= 0.6 is 0 Å². The Balaban J connectivity index is 2.07. The molecule has 0 radical (unpaired) electrons. The average Bonchev–Trinajstić information content (AvgIpc) is 2.76. The molecule has 1 aliphatic rings. The molecule has 0 heterocycles. The van der Waals surface area contributed by atoms with Crippen molar-refractivity contribution in [2.45, 2.75) is 70.9 Å². The molecule has 2 atom stereocenters. The van der Waals surface area contributed by atoms with E-state index in [0.717, 1.165) is 6.54 Å². The molecule has 2 heteroatoms. The standard InChI is InChI=1S/C13H27NO/c1-3-4-7-11(2)14-10-13(15)12-8-5-6-9-12/h11-15H,3-10H2,1-2H3. The van der Waals surface area contributed by atoms with Crippen molar-refractivity contribution in [1.82, 2.24) is 5.32 Å². The Hall–Kier alpha value is -0.0800. The lowest BCUT2D eigenvalue weighted by atomic mass is 10.0. The van der Waals surface area contributed by atoms with Crippen LogP contribution in [0.25, 0.3) is 0 Å². The molecule has 0 bridgehead atoms. The van der Waals surface area contributed by atoms with Gasteiger partial charge in [0.2, 0.25) is 0 Å². The molecule has 0 aromatic heterocycles. The zero-order valence-electron chi connectivity index (χ0n) is 10.3. The molecule has 0 spiro atoms. The van der Waals surface area contributed by atoms with E-state index >= 15 is 0 Å². The number of aliphatic hydroxyl groups excluding tert-OH is 1. The van der Waals surface area contributed by atoms with E-state index in [1.807, 2.05) is 0 Å². The Labute approximate surface area is 94.5 Å². The molecule has 1 aliphatic carbocycles. The second-order valence-corrected chi connectivity index (χ2v) is 5.06. The molecule has 0 aromatic carbocycles. The highest BCUT2D eigenvalue weighted by atomic mass is 16.3. The molecule has 1 rings (SSSR count). The Morgan fingerprint density at radius 3 is 2.60 bits per heavy atom. The summed E-state index contributed by atoms with van der Waals surface area (Å²) in [6.07, 6.45) is 8.74. The summed E-state index contributed by atoms with van der Waals surface area (Å²) in [5.41, 5.74) is 0. The predicted molar refractivity (Wildman–Crippen MR) is 65.0 cm³/mol. The molecule has 2 unspecified atom stereocenters. The zero-order chi connectivity index (χ0) is 11.1. The van der Waals surface area contributed by atoms with Gasteiger partial charge in [0.15, 0.2) is 0 Å². The minimum Gasteiger partial charge on any atom is -0.392 e. The summed E-state index contributed by atoms with van der Waals surface area (Å²) in [5, 5.41) is 13.4. The smallest absolute Gasteiger partial charge is 0.0692 e. The lowest BCUT2D eigenvalue weighted by Crippen LogP contribution is -2.36. The van der Waals surface area contributed by atoms with Gasteiger partial charge in [0, 0.05) is 12.6 Å². The van der Waals surface area contributed by atoms with Gasteiger partial charge in [-0.2, -0.15) is 0 Å². The number of hydrogen-bond donors (Lipinski definition) is 2. The average molecular weight is 213 g/mol. The van der Waals surface area contributed by atoms with Crippen molar-refractivity contribution in [2.75, 3.05) is 6.54 Å². The van der Waals surface area contributed by atoms with Gasteiger partial charge >= 0.3 is 0 Å². The van der Waals surface area contributed by atoms with Crippen molar-refractivity contribution in [3.05, 3.63) is 0 Å². The van der Waals surface area contributed by atoms with Crippen LogP contribution in [0.3, 0.4) is 0 Å². The summed E-state index contributed by atoms with van der Waals surface area (Å²) >= 11 is 0. The minimum absolute atomic E-state index is 0.114. The van der Waals surface area contributed by atoms with Gasteiger partial charge in [-0.05, 0) is 32.1 Å². The Bertz CT molecular complexity index is 155. The van der Waals surface area contributed by atoms with Gasteiger partial charge in [0.1, 0.15) is 0 Å². The maximum Gasteiger partial charge on any atom is 0.0692 e. The number of rotatable bonds is 7. The van der Waals surface area contributed by atoms with E-state index in [2.05, 4.69) is 19.2 Å². The number of nitrogens with one attached hydrogen (secondary N) is 1. The summed E-state index contributed by atoms with van der Waals surface area (Å²) in [4.78, 5) is 0. The summed E-state index contributed by atoms with van der Waals surface area (Å²) in [6.45, 7) is 5.23. The third-order valence-corrected chi connectivity index (χ3v) is 3.61. The highest BCUT2D eigenvalue weighted by Gasteiger charge is 2.22. The van der Waals surface area contributed by atoms with Gasteiger partial charge < -0.3 is 10.4 Å². The monoisotopic (exact) mass is 213 g/mol. The fraction of sp³-hybridized carbons (Fsp3) is 1.00. The number of aliphatic hydroxyl groups is 1. The first-order valence-corrected chi connectivity index (χ1v) is 6.65. The van der Waals surface area contributed by atoms with Crippen LogP contribution in [0.1, 0.15) is 58.8 Å². The zero-order valence-corrected chi connectivity index (χ0v) is 10.3. The number of hydrogen-bond acceptors (Lipinski definition) is 2. The van der Waals surface area contributed by atoms with E-state index in [0.29, 0.717) is 12.0 Å². The van der Waals surface area contributed by atoms with Crippen molar-refractivity contribution in [2.24, 2.45) is 5.92 Å². The lowest BCUT2D eigenvalue weighted by Gasteiger charge is -2.21. The van der Waals surface area contributed by atoms with E-state index in [1.165, 1.54) is 44.9 Å². The van der Waals surface area contributed by atoms with Gasteiger partial charge in [-0.3, -0.25) is 0 Å². The van der Waals surface area contributed by atoms with Crippen molar-refractivity contribution >= 4 is 0 Å². The Kier molecular flexibility index (Phi) is 6.26. The topological polar surface area (TPSA) is 32.3 Å². The van der Waals surface area contributed by atoms with Crippen LogP contribution in [0, 0.1) is 5.92 Å². The largest absolute Gasteiger partial charge is 0.392 e. The molecule has 1 fully saturated rings. The molecule has 2 N–H and O–H groups in total. The maximum atomic E-state index is 9.96. The van der Waals surface area contributed by atoms with Crippen LogP contribution < -0.4 is 5.32 Å². The summed E-state index contributed by atoms with van der Waals surface area (Å²) in [6, 6.07) is 0.556. The first-order chi connectivity index (χ1) is 7.24. The van der Waals surface area contributed by atoms with Gasteiger partial charge in [-0.15, -0.1) is 0 Å². The second kappa shape index (κ2) is 7.24. The van der Waals surface area contributed by atoms with Gasteiger partial charge in [0.05, 0.1) is 6.10 Å². The summed E-state index contributed by atoms with van der Waals surface area (Å²) in [5.74, 6) is 0.566. The second-order valence-electron chi connectivity index (χ2n) is 5.06. The van der Waals surface area contributed by atoms with Crippen LogP contribution in [0.4, 0.5) is 0 Å². The normalized spacial score (nSPS) is 21.8. The SMILES string of the molecule is CCCCC(C)NCC(O)C1CCCC1. The fourth-order valence-corrected chi connectivity index (χ4v) is 2.44. The first kappa shape index (κ1) is 13.0. The lowest BCUT2D eigenvalue weighted by molar-refractivity contribution is 0.106. The molecule has 0 amide bonds. The van der Waals surface area contributed by atoms with Gasteiger partial charge in [-0.1, -0.05) is 32.6 Å². The number of unbranched alkanes of at least 4 members (excludes halogenated alkanes) is 1. The molecule has 0 aliphatic heterocycles. The quantitative estimate of drug-likeness (QED) is 0.681. The van der Waals surface area contributed by atoms with E-state index in [1.54, 1.807) is 0 Å². The molecule has 0 saturated heterocycles. The minimum atomic E-state index is -0.114. The molecule has 0 aromatic rings. The maximum absolute atomic E-state index is 9.96. The van der Waals surface area contributed by atoms with E-state index < -0.39 is 0 Å². The van der Waals surface area contributed by atoms with Crippen molar-refractivity contribution in [3.8, 4) is 0 Å². The molecular weight excluding hydrogens is 186 g/mol. The highest BCUT2D eigenvalue weighted by Crippen LogP contribution is 2.27. The molecule has 90 valence electrons. The molecule has 15 heavy (non-hydrogen) atoms. The third-order valence-electron chi connectivity index (χ3n) is 3.61. The first-order valence-electron chi connectivity index (χ1n) is 6.65. The fourth-order valence-electron chi connectivity index (χ4n) is 2.44. The van der Waals surface area contributed by atoms with E-state index in [4.69, 9.17) is 0 Å². The van der Waals surface area contributed by atoms with Crippen molar-refractivity contribution < 1.29 is 5.11 Å². The van der Waals surface area contributed by atoms with Crippen LogP contribution in [0.2, 0.25) is 0 Å². The summed E-state index contributed by atoms with van der Waals surface area (Å²) < 4.78 is 0. The van der Waals surface area contributed by atoms with Crippen LogP contribution in [-0.4, -0.2) is 23.8 Å². The van der Waals surface area contributed by atoms with Crippen molar-refractivity contribution in [1.29, 1.82) is 0 Å². The van der Waals surface area contributed by atoms with Crippen LogP contribution in [0.5, 0.6) is 0 Å². The molecule has 1 saturated carbocycles. The Morgan fingerprint density at radius 1 is 1.33 bits per heavy atom. The Morgan fingerprint density at radius 2 is 2.00 bits per heavy atom. The third kappa shape index (κ3) is 4.98. The van der Waals surface area contributed by atoms with Crippen molar-refractivity contribution in [3.63, 3.8) is 0 Å². The highest BCUT2D eigenvalue weighted by molar-refractivity contribution is 4.77. The molecule has 2 nitrogen and oxygen atoms in total. The van der Waals surface area contributed by atoms with Crippen LogP contribution in [-0.2, 0) is 0 Å². The summed E-state index contributed by atoms with van der Waals surface area (Å²) in [7, 11) is 0. The van der Waals surface area contributed by atoms with E-state index in [-0.39, 0.29) is 6.10 Å². The van der Waals surface area contributed by atoms with Crippen LogP contribution in [0.15, 0.2) is 0 Å². The predicted octanol–water partition coefficient (Wildman–Crippen LogP) is 2.71. The van der Waals surface area contributed by atoms with E-state index in [9.17, 15) is 5.11 Å². The molecular formula is C13H27NO.